The van der Waals surface area contributed by atoms with Crippen LogP contribution in [0.25, 0.3) is 0 Å². The van der Waals surface area contributed by atoms with Crippen LogP contribution in [-0.2, 0) is 0 Å². The molecule has 0 amide bonds. The fourth-order valence-electron chi connectivity index (χ4n) is 0.751. The molecule has 0 saturated heterocycles. The number of halogens is 1. The van der Waals surface area contributed by atoms with Crippen molar-refractivity contribution in [3.63, 3.8) is 0 Å². The molecule has 55 valence electrons. The maximum atomic E-state index is 8.63. The number of hydrogen-bond acceptors (Lipinski definition) is 2. The lowest BCUT2D eigenvalue weighted by Gasteiger charge is -1.96. The molecule has 1 rings (SSSR count). The second-order valence-corrected chi connectivity index (χ2v) is 2.93. The van der Waals surface area contributed by atoms with Gasteiger partial charge in [-0.3, -0.25) is 0 Å². The molecular formula is C8H5BrNO. The molecule has 2 nitrogen and oxygen atoms in total. The number of nitriles is 1. The van der Waals surface area contributed by atoms with Crippen LogP contribution in [-0.4, -0.2) is 5.11 Å². The minimum atomic E-state index is 0.527. The predicted octanol–water partition coefficient (Wildman–Crippen LogP) is 2.20. The highest BCUT2D eigenvalue weighted by atomic mass is 79.9. The molecule has 0 unspecified atom stereocenters. The van der Waals surface area contributed by atoms with E-state index in [1.807, 2.05) is 6.07 Å². The summed E-state index contributed by atoms with van der Waals surface area (Å²) in [7, 11) is 0. The van der Waals surface area contributed by atoms with Crippen LogP contribution in [0.15, 0.2) is 22.7 Å². The van der Waals surface area contributed by atoms with E-state index in [1.54, 1.807) is 18.2 Å². The van der Waals surface area contributed by atoms with Gasteiger partial charge >= 0.3 is 0 Å². The first kappa shape index (κ1) is 8.25. The van der Waals surface area contributed by atoms with Crippen LogP contribution in [0.3, 0.4) is 0 Å². The monoisotopic (exact) mass is 210 g/mol. The Labute approximate surface area is 73.2 Å². The van der Waals surface area contributed by atoms with Gasteiger partial charge in [0.1, 0.15) is 6.61 Å². The molecule has 0 aliphatic carbocycles. The Morgan fingerprint density at radius 2 is 2.18 bits per heavy atom. The van der Waals surface area contributed by atoms with Crippen molar-refractivity contribution in [2.45, 2.75) is 0 Å². The molecule has 1 N–H and O–H groups in total. The minimum absolute atomic E-state index is 0.527. The lowest BCUT2D eigenvalue weighted by molar-refractivity contribution is 0.415. The summed E-state index contributed by atoms with van der Waals surface area (Å²) in [6, 6.07) is 6.99. The second-order valence-electron chi connectivity index (χ2n) is 2.01. The summed E-state index contributed by atoms with van der Waals surface area (Å²) in [5, 5.41) is 17.1. The number of rotatable bonds is 1. The zero-order valence-corrected chi connectivity index (χ0v) is 7.17. The highest BCUT2D eigenvalue weighted by Crippen LogP contribution is 2.15. The van der Waals surface area contributed by atoms with Gasteiger partial charge in [-0.1, -0.05) is 15.9 Å². The Morgan fingerprint density at radius 3 is 2.73 bits per heavy atom. The van der Waals surface area contributed by atoms with Gasteiger partial charge in [-0.2, -0.15) is 5.26 Å². The number of hydrogen-bond donors (Lipinski definition) is 1. The van der Waals surface area contributed by atoms with Crippen molar-refractivity contribution < 1.29 is 5.11 Å². The predicted molar refractivity (Wildman–Crippen MR) is 44.2 cm³/mol. The van der Waals surface area contributed by atoms with Crippen molar-refractivity contribution in [2.24, 2.45) is 0 Å². The molecule has 0 saturated carbocycles. The van der Waals surface area contributed by atoms with Gasteiger partial charge in [-0.15, -0.1) is 0 Å². The third-order valence-electron chi connectivity index (χ3n) is 1.20. The summed E-state index contributed by atoms with van der Waals surface area (Å²) in [5.41, 5.74) is 1.15. The molecule has 0 aliphatic heterocycles. The molecule has 0 aromatic heterocycles. The Balaban J connectivity index is 3.15. The molecule has 0 bridgehead atoms. The molecule has 1 aromatic carbocycles. The molecule has 0 heterocycles. The number of benzene rings is 1. The Bertz CT molecular complexity index is 303. The van der Waals surface area contributed by atoms with Crippen molar-refractivity contribution in [2.75, 3.05) is 0 Å². The molecule has 0 spiro atoms. The van der Waals surface area contributed by atoms with Crippen molar-refractivity contribution in [3.8, 4) is 6.07 Å². The first-order chi connectivity index (χ1) is 5.26. The topological polar surface area (TPSA) is 44.0 Å². The standard InChI is InChI=1S/C8H5BrNO/c9-8-2-6(4-10)1-7(3-8)5-11/h1-3,5,11H. The third kappa shape index (κ3) is 2.04. The zero-order valence-electron chi connectivity index (χ0n) is 5.58. The molecule has 0 aliphatic rings. The summed E-state index contributed by atoms with van der Waals surface area (Å²) >= 11 is 3.21. The van der Waals surface area contributed by atoms with E-state index in [0.717, 1.165) is 11.1 Å². The molecular weight excluding hydrogens is 206 g/mol. The number of aliphatic hydroxyl groups is 1. The van der Waals surface area contributed by atoms with Gasteiger partial charge in [0.2, 0.25) is 0 Å². The van der Waals surface area contributed by atoms with Gasteiger partial charge in [0.25, 0.3) is 0 Å². The maximum absolute atomic E-state index is 8.63. The number of aliphatic hydroxyl groups excluding tert-OH is 1. The number of nitrogens with zero attached hydrogens (tertiary/aromatic N) is 1. The highest BCUT2D eigenvalue weighted by molar-refractivity contribution is 9.10. The van der Waals surface area contributed by atoms with Crippen LogP contribution in [0.2, 0.25) is 0 Å². The van der Waals surface area contributed by atoms with Gasteiger partial charge in [0.05, 0.1) is 11.6 Å². The highest BCUT2D eigenvalue weighted by Gasteiger charge is 1.96. The van der Waals surface area contributed by atoms with Gasteiger partial charge in [0, 0.05) is 4.47 Å². The largest absolute Gasteiger partial charge is 0.385 e. The Hall–Kier alpha value is -0.850. The van der Waals surface area contributed by atoms with E-state index in [2.05, 4.69) is 15.9 Å². The normalized spacial score (nSPS) is 9.18. The van der Waals surface area contributed by atoms with Gasteiger partial charge in [0.15, 0.2) is 0 Å². The average Bonchev–Trinajstić information content (AvgIpc) is 2.03. The van der Waals surface area contributed by atoms with E-state index in [9.17, 15) is 0 Å². The van der Waals surface area contributed by atoms with Crippen LogP contribution in [0.1, 0.15) is 11.1 Å². The minimum Gasteiger partial charge on any atom is -0.385 e. The quantitative estimate of drug-likeness (QED) is 0.773. The molecule has 3 heteroatoms. The van der Waals surface area contributed by atoms with Crippen LogP contribution >= 0.6 is 15.9 Å². The zero-order chi connectivity index (χ0) is 8.27. The van der Waals surface area contributed by atoms with E-state index >= 15 is 0 Å². The molecule has 1 aromatic rings. The van der Waals surface area contributed by atoms with E-state index in [4.69, 9.17) is 10.4 Å². The van der Waals surface area contributed by atoms with Crippen LogP contribution in [0, 0.1) is 17.9 Å². The van der Waals surface area contributed by atoms with E-state index in [0.29, 0.717) is 11.1 Å². The molecule has 0 atom stereocenters. The van der Waals surface area contributed by atoms with Gasteiger partial charge in [-0.05, 0) is 23.8 Å². The first-order valence-corrected chi connectivity index (χ1v) is 3.73. The summed E-state index contributed by atoms with van der Waals surface area (Å²) in [5.74, 6) is 0. The van der Waals surface area contributed by atoms with Crippen molar-refractivity contribution in [1.82, 2.24) is 0 Å². The smallest absolute Gasteiger partial charge is 0.109 e. The van der Waals surface area contributed by atoms with Crippen LogP contribution < -0.4 is 0 Å². The Kier molecular flexibility index (Phi) is 2.64. The van der Waals surface area contributed by atoms with Crippen LogP contribution in [0.4, 0.5) is 0 Å². The van der Waals surface area contributed by atoms with Crippen LogP contribution in [0.5, 0.6) is 0 Å². The van der Waals surface area contributed by atoms with E-state index in [1.165, 1.54) is 0 Å². The maximum Gasteiger partial charge on any atom is 0.109 e. The lowest BCUT2D eigenvalue weighted by Crippen LogP contribution is -1.82. The fourth-order valence-corrected chi connectivity index (χ4v) is 1.26. The summed E-state index contributed by atoms with van der Waals surface area (Å²) in [6.45, 7) is 0.964. The summed E-state index contributed by atoms with van der Waals surface area (Å²) in [6.07, 6.45) is 0. The van der Waals surface area contributed by atoms with Gasteiger partial charge < -0.3 is 5.11 Å². The first-order valence-electron chi connectivity index (χ1n) is 2.94. The average molecular weight is 211 g/mol. The summed E-state index contributed by atoms with van der Waals surface area (Å²) < 4.78 is 0.789. The fraction of sp³-hybridized carbons (Fsp3) is 0. The van der Waals surface area contributed by atoms with Crippen molar-refractivity contribution in [1.29, 1.82) is 5.26 Å². The second kappa shape index (κ2) is 3.51. The molecule has 1 radical (unpaired) electrons. The van der Waals surface area contributed by atoms with Crippen molar-refractivity contribution in [3.05, 3.63) is 40.4 Å². The lowest BCUT2D eigenvalue weighted by atomic mass is 10.1. The van der Waals surface area contributed by atoms with E-state index in [-0.39, 0.29) is 0 Å². The summed E-state index contributed by atoms with van der Waals surface area (Å²) in [4.78, 5) is 0. The Morgan fingerprint density at radius 1 is 1.45 bits per heavy atom. The van der Waals surface area contributed by atoms with Crippen molar-refractivity contribution >= 4 is 15.9 Å². The molecule has 0 fully saturated rings. The molecule has 11 heavy (non-hydrogen) atoms. The van der Waals surface area contributed by atoms with E-state index < -0.39 is 0 Å². The SMILES string of the molecule is N#Cc1cc(Br)cc([CH]O)c1. The third-order valence-corrected chi connectivity index (χ3v) is 1.66. The van der Waals surface area contributed by atoms with Gasteiger partial charge in [-0.25, -0.2) is 0 Å².